The second-order valence-corrected chi connectivity index (χ2v) is 11.7. The maximum absolute atomic E-state index is 13.6. The Kier molecular flexibility index (Phi) is 8.76. The van der Waals surface area contributed by atoms with Crippen LogP contribution in [-0.2, 0) is 26.0 Å². The summed E-state index contributed by atoms with van der Waals surface area (Å²) >= 11 is 0. The zero-order valence-electron chi connectivity index (χ0n) is 20.3. The normalized spacial score (nSPS) is 25.1. The van der Waals surface area contributed by atoms with E-state index in [1.54, 1.807) is 6.07 Å². The molecule has 3 rings (SSSR count). The lowest BCUT2D eigenvalue weighted by Gasteiger charge is -2.33. The van der Waals surface area contributed by atoms with E-state index in [4.69, 9.17) is 11.1 Å². The van der Waals surface area contributed by atoms with Gasteiger partial charge >= 0.3 is 5.97 Å². The number of carboxylic acid groups (broad SMARTS) is 1. The van der Waals surface area contributed by atoms with Crippen LogP contribution >= 0.6 is 0 Å². The SMILES string of the molecule is CC1CNc2c(cccc2S(=O)(=O)N[C@@H](CCCNC(=N)N)C(=O)C2CC[C@@H](C)CC2C(=O)O)C1. The Balaban J connectivity index is 1.87. The molecule has 1 fully saturated rings. The van der Waals surface area contributed by atoms with Gasteiger partial charge in [-0.3, -0.25) is 15.0 Å². The molecule has 1 aliphatic carbocycles. The number of nitrogens with two attached hydrogens (primary N) is 1. The summed E-state index contributed by atoms with van der Waals surface area (Å²) in [5, 5.41) is 22.9. The fraction of sp³-hybridized carbons (Fsp3) is 0.625. The standard InChI is InChI=1S/C24H37N5O5S/c1-14-8-9-17(18(12-14)23(31)32)22(30)19(6-4-10-27-24(25)26)29-35(33,34)20-7-3-5-16-11-15(2)13-28-21(16)20/h3,5,7,14-15,17-19,28-29H,4,6,8-13H2,1-2H3,(H,31,32)(H4,25,26,27)/t14-,15?,17?,18?,19+/m1/s1. The molecular formula is C24H37N5O5S. The van der Waals surface area contributed by atoms with Crippen LogP contribution in [0.2, 0.25) is 0 Å². The molecule has 1 aromatic rings. The number of fused-ring (bicyclic) bond motifs is 1. The molecule has 0 spiro atoms. The highest BCUT2D eigenvalue weighted by Crippen LogP contribution is 2.36. The molecule has 0 bridgehead atoms. The van der Waals surface area contributed by atoms with Crippen molar-refractivity contribution in [3.05, 3.63) is 23.8 Å². The molecule has 7 N–H and O–H groups in total. The minimum absolute atomic E-state index is 0.0913. The van der Waals surface area contributed by atoms with Gasteiger partial charge < -0.3 is 21.5 Å². The van der Waals surface area contributed by atoms with Crippen LogP contribution in [0.5, 0.6) is 0 Å². The summed E-state index contributed by atoms with van der Waals surface area (Å²) in [6.07, 6.45) is 2.83. The van der Waals surface area contributed by atoms with Gasteiger partial charge in [-0.2, -0.15) is 0 Å². The summed E-state index contributed by atoms with van der Waals surface area (Å²) < 4.78 is 29.6. The number of Topliss-reactive ketones (excluding diaryl/α,β-unsaturated/α-hetero) is 1. The minimum Gasteiger partial charge on any atom is -0.481 e. The zero-order chi connectivity index (χ0) is 25.8. The van der Waals surface area contributed by atoms with Crippen molar-refractivity contribution >= 4 is 33.4 Å². The second kappa shape index (κ2) is 11.4. The first kappa shape index (κ1) is 26.9. The molecule has 11 heteroatoms. The van der Waals surface area contributed by atoms with Gasteiger partial charge in [-0.05, 0) is 62.0 Å². The molecule has 0 aromatic heterocycles. The van der Waals surface area contributed by atoms with E-state index in [1.165, 1.54) is 6.07 Å². The first-order chi connectivity index (χ1) is 16.5. The fourth-order valence-corrected chi connectivity index (χ4v) is 6.65. The number of carbonyl (C=O) groups is 2. The number of carbonyl (C=O) groups excluding carboxylic acids is 1. The van der Waals surface area contributed by atoms with Crippen molar-refractivity contribution in [3.63, 3.8) is 0 Å². The van der Waals surface area contributed by atoms with Crippen molar-refractivity contribution in [2.45, 2.75) is 63.3 Å². The van der Waals surface area contributed by atoms with E-state index in [2.05, 4.69) is 22.3 Å². The molecule has 1 aliphatic heterocycles. The Hall–Kier alpha value is -2.66. The number of nitrogens with one attached hydrogen (secondary N) is 4. The number of rotatable bonds is 10. The van der Waals surface area contributed by atoms with Crippen molar-refractivity contribution in [1.82, 2.24) is 10.0 Å². The van der Waals surface area contributed by atoms with Gasteiger partial charge in [0.15, 0.2) is 11.7 Å². The minimum atomic E-state index is -4.07. The maximum Gasteiger partial charge on any atom is 0.307 e. The summed E-state index contributed by atoms with van der Waals surface area (Å²) in [4.78, 5) is 25.6. The van der Waals surface area contributed by atoms with E-state index in [0.717, 1.165) is 18.4 Å². The molecule has 1 heterocycles. The van der Waals surface area contributed by atoms with Crippen LogP contribution < -0.4 is 21.1 Å². The van der Waals surface area contributed by atoms with Gasteiger partial charge in [0.25, 0.3) is 0 Å². The Morgan fingerprint density at radius 2 is 1.97 bits per heavy atom. The first-order valence-electron chi connectivity index (χ1n) is 12.2. The summed E-state index contributed by atoms with van der Waals surface area (Å²) in [5.74, 6) is -2.64. The van der Waals surface area contributed by atoms with E-state index in [9.17, 15) is 23.1 Å². The van der Waals surface area contributed by atoms with E-state index < -0.39 is 33.9 Å². The summed E-state index contributed by atoms with van der Waals surface area (Å²) in [6.45, 7) is 5.00. The molecule has 3 unspecified atom stereocenters. The molecule has 5 atom stereocenters. The number of aliphatic carboxylic acids is 1. The molecular weight excluding hydrogens is 470 g/mol. The molecule has 1 saturated carbocycles. The molecule has 10 nitrogen and oxygen atoms in total. The fourth-order valence-electron chi connectivity index (χ4n) is 5.19. The highest BCUT2D eigenvalue weighted by atomic mass is 32.2. The largest absolute Gasteiger partial charge is 0.481 e. The Labute approximate surface area is 207 Å². The van der Waals surface area contributed by atoms with Gasteiger partial charge in [-0.1, -0.05) is 26.0 Å². The van der Waals surface area contributed by atoms with Gasteiger partial charge in [-0.25, -0.2) is 13.1 Å². The monoisotopic (exact) mass is 507 g/mol. The van der Waals surface area contributed by atoms with E-state index in [-0.39, 0.29) is 29.0 Å². The number of ketones is 1. The summed E-state index contributed by atoms with van der Waals surface area (Å²) in [5.41, 5.74) is 6.79. The highest BCUT2D eigenvalue weighted by molar-refractivity contribution is 7.89. The van der Waals surface area contributed by atoms with Crippen molar-refractivity contribution in [3.8, 4) is 0 Å². The third-order valence-electron chi connectivity index (χ3n) is 7.02. The third kappa shape index (κ3) is 6.72. The Bertz CT molecular complexity index is 1060. The van der Waals surface area contributed by atoms with Crippen LogP contribution in [0.15, 0.2) is 23.1 Å². The van der Waals surface area contributed by atoms with Crippen molar-refractivity contribution in [1.29, 1.82) is 5.41 Å². The topological polar surface area (TPSA) is 174 Å². The number of hydrogen-bond donors (Lipinski definition) is 6. The molecule has 0 saturated heterocycles. The smallest absolute Gasteiger partial charge is 0.307 e. The number of para-hydroxylation sites is 1. The van der Waals surface area contributed by atoms with Crippen LogP contribution in [-0.4, -0.2) is 50.4 Å². The maximum atomic E-state index is 13.6. The quantitative estimate of drug-likeness (QED) is 0.158. The summed E-state index contributed by atoms with van der Waals surface area (Å²) in [6, 6.07) is 4.04. The van der Waals surface area contributed by atoms with Gasteiger partial charge in [0, 0.05) is 19.0 Å². The molecule has 194 valence electrons. The highest BCUT2D eigenvalue weighted by Gasteiger charge is 2.41. The van der Waals surface area contributed by atoms with E-state index in [0.29, 0.717) is 44.0 Å². The number of anilines is 1. The summed E-state index contributed by atoms with van der Waals surface area (Å²) in [7, 11) is -4.07. The van der Waals surface area contributed by atoms with Gasteiger partial charge in [0.2, 0.25) is 10.0 Å². The van der Waals surface area contributed by atoms with Crippen LogP contribution in [0.4, 0.5) is 5.69 Å². The van der Waals surface area contributed by atoms with Crippen LogP contribution in [0.1, 0.15) is 51.5 Å². The number of benzene rings is 1. The lowest BCUT2D eigenvalue weighted by atomic mass is 9.71. The van der Waals surface area contributed by atoms with Crippen LogP contribution in [0, 0.1) is 29.1 Å². The van der Waals surface area contributed by atoms with Crippen LogP contribution in [0.25, 0.3) is 0 Å². The molecule has 2 aliphatic rings. The Morgan fingerprint density at radius 3 is 2.66 bits per heavy atom. The predicted molar refractivity (Wildman–Crippen MR) is 134 cm³/mol. The first-order valence-corrected chi connectivity index (χ1v) is 13.7. The van der Waals surface area contributed by atoms with Gasteiger partial charge in [-0.15, -0.1) is 0 Å². The second-order valence-electron chi connectivity index (χ2n) is 10.0. The third-order valence-corrected chi connectivity index (χ3v) is 8.53. The zero-order valence-corrected chi connectivity index (χ0v) is 21.2. The van der Waals surface area contributed by atoms with Gasteiger partial charge in [0.1, 0.15) is 4.90 Å². The Morgan fingerprint density at radius 1 is 1.23 bits per heavy atom. The van der Waals surface area contributed by atoms with Crippen molar-refractivity contribution < 1.29 is 23.1 Å². The molecule has 1 aromatic carbocycles. The van der Waals surface area contributed by atoms with Gasteiger partial charge in [0.05, 0.1) is 17.6 Å². The average molecular weight is 508 g/mol. The predicted octanol–water partition coefficient (Wildman–Crippen LogP) is 1.91. The van der Waals surface area contributed by atoms with E-state index >= 15 is 0 Å². The molecule has 0 radical (unpaired) electrons. The number of hydrogen-bond acceptors (Lipinski definition) is 6. The lowest BCUT2D eigenvalue weighted by molar-refractivity contribution is -0.149. The molecule has 0 amide bonds. The number of guanidine groups is 1. The number of carboxylic acids is 1. The van der Waals surface area contributed by atoms with E-state index in [1.807, 2.05) is 13.0 Å². The number of sulfonamides is 1. The molecule has 35 heavy (non-hydrogen) atoms. The average Bonchev–Trinajstić information content (AvgIpc) is 2.79. The van der Waals surface area contributed by atoms with Crippen LogP contribution in [0.3, 0.4) is 0 Å². The van der Waals surface area contributed by atoms with Crippen molar-refractivity contribution in [2.24, 2.45) is 29.4 Å². The lowest BCUT2D eigenvalue weighted by Crippen LogP contribution is -2.48. The van der Waals surface area contributed by atoms with Crippen molar-refractivity contribution in [2.75, 3.05) is 18.4 Å².